The van der Waals surface area contributed by atoms with E-state index < -0.39 is 39.6 Å². The van der Waals surface area contributed by atoms with Crippen LogP contribution in [0.4, 0.5) is 28.4 Å². The molecule has 2 heterocycles. The Labute approximate surface area is 282 Å². The van der Waals surface area contributed by atoms with Gasteiger partial charge in [-0.25, -0.2) is 27.5 Å². The van der Waals surface area contributed by atoms with Gasteiger partial charge in [0.05, 0.1) is 10.5 Å². The van der Waals surface area contributed by atoms with Crippen LogP contribution in [0.25, 0.3) is 11.0 Å². The second-order valence-corrected chi connectivity index (χ2v) is 14.4. The Balaban J connectivity index is 1.18. The fourth-order valence-corrected chi connectivity index (χ4v) is 7.33. The van der Waals surface area contributed by atoms with Gasteiger partial charge in [0.1, 0.15) is 11.7 Å². The minimum absolute atomic E-state index is 0.0539. The summed E-state index contributed by atoms with van der Waals surface area (Å²) in [5.74, 6) is 0.596. The van der Waals surface area contributed by atoms with Gasteiger partial charge in [-0.2, -0.15) is 13.2 Å². The number of urea groups is 2. The van der Waals surface area contributed by atoms with Crippen molar-refractivity contribution in [2.24, 2.45) is 5.92 Å². The predicted octanol–water partition coefficient (Wildman–Crippen LogP) is 6.11. The van der Waals surface area contributed by atoms with E-state index in [2.05, 4.69) is 27.6 Å². The van der Waals surface area contributed by atoms with Crippen LogP contribution >= 0.6 is 0 Å². The smallest absolute Gasteiger partial charge is 0.417 e. The molecule has 1 aliphatic heterocycles. The molecule has 5 rings (SSSR count). The third-order valence-corrected chi connectivity index (χ3v) is 10.4. The first-order chi connectivity index (χ1) is 23.1. The predicted molar refractivity (Wildman–Crippen MR) is 178 cm³/mol. The first-order valence-corrected chi connectivity index (χ1v) is 17.7. The molecule has 0 bridgehead atoms. The summed E-state index contributed by atoms with van der Waals surface area (Å²) in [5.41, 5.74) is 0.590. The van der Waals surface area contributed by atoms with Gasteiger partial charge in [0.25, 0.3) is 10.0 Å². The van der Waals surface area contributed by atoms with Crippen LogP contribution in [0.1, 0.15) is 64.0 Å². The maximum atomic E-state index is 13.5. The second-order valence-electron chi connectivity index (χ2n) is 12.7. The van der Waals surface area contributed by atoms with Crippen molar-refractivity contribution in [3.05, 3.63) is 81.2 Å². The van der Waals surface area contributed by atoms with E-state index in [4.69, 9.17) is 4.42 Å². The molecular formula is C34H40F3N5O6S. The maximum Gasteiger partial charge on any atom is 0.417 e. The number of anilines is 1. The van der Waals surface area contributed by atoms with E-state index in [1.807, 2.05) is 13.8 Å². The highest BCUT2D eigenvalue weighted by molar-refractivity contribution is 7.90. The molecule has 1 atom stereocenters. The fourth-order valence-electron chi connectivity index (χ4n) is 6.41. The molecule has 0 spiro atoms. The van der Waals surface area contributed by atoms with E-state index >= 15 is 0 Å². The van der Waals surface area contributed by atoms with Gasteiger partial charge in [0.15, 0.2) is 0 Å². The molecule has 4 N–H and O–H groups in total. The van der Waals surface area contributed by atoms with Gasteiger partial charge in [-0.3, -0.25) is 4.90 Å². The molecule has 4 amide bonds. The lowest BCUT2D eigenvalue weighted by atomic mass is 9.87. The van der Waals surface area contributed by atoms with E-state index in [-0.39, 0.29) is 34.5 Å². The number of rotatable bonds is 9. The molecule has 0 radical (unpaired) electrons. The van der Waals surface area contributed by atoms with Crippen LogP contribution in [0.2, 0.25) is 0 Å². The molecular weight excluding hydrogens is 663 g/mol. The zero-order chi connectivity index (χ0) is 35.5. The number of alkyl halides is 3. The van der Waals surface area contributed by atoms with E-state index in [0.717, 1.165) is 42.4 Å². The number of hydrogen-bond acceptors (Lipinski definition) is 7. The Morgan fingerprint density at radius 2 is 1.71 bits per heavy atom. The summed E-state index contributed by atoms with van der Waals surface area (Å²) in [6, 6.07) is 9.25. The van der Waals surface area contributed by atoms with Crippen molar-refractivity contribution in [1.82, 2.24) is 20.3 Å². The lowest BCUT2D eigenvalue weighted by molar-refractivity contribution is -0.136. The SMILES string of the molecule is CCC1=C(C)CN(C(=O)NCCc2ccc(S(=O)(=O)NC(=O)NC3CCC(C)CC3)cc2)C1Nc1ccc2c(C(F)(F)F)cc(=O)oc2c1. The molecule has 0 saturated heterocycles. The maximum absolute atomic E-state index is 13.5. The number of nitrogens with zero attached hydrogens (tertiary/aromatic N) is 1. The summed E-state index contributed by atoms with van der Waals surface area (Å²) in [4.78, 5) is 39.1. The van der Waals surface area contributed by atoms with Crippen molar-refractivity contribution in [2.45, 2.75) is 82.6 Å². The minimum atomic E-state index is -4.74. The second kappa shape index (κ2) is 14.5. The Morgan fingerprint density at radius 1 is 1.02 bits per heavy atom. The van der Waals surface area contributed by atoms with Crippen molar-refractivity contribution in [2.75, 3.05) is 18.4 Å². The summed E-state index contributed by atoms with van der Waals surface area (Å²) in [7, 11) is -4.07. The molecule has 49 heavy (non-hydrogen) atoms. The molecule has 3 aromatic rings. The molecule has 1 aromatic heterocycles. The van der Waals surface area contributed by atoms with Gasteiger partial charge in [-0.15, -0.1) is 0 Å². The highest BCUT2D eigenvalue weighted by Crippen LogP contribution is 2.35. The lowest BCUT2D eigenvalue weighted by Crippen LogP contribution is -2.47. The average molecular weight is 704 g/mol. The van der Waals surface area contributed by atoms with Crippen LogP contribution in [0.5, 0.6) is 0 Å². The minimum Gasteiger partial charge on any atom is -0.423 e. The summed E-state index contributed by atoms with van der Waals surface area (Å²) in [6.07, 6.45) is -0.747. The van der Waals surface area contributed by atoms with Gasteiger partial charge in [-0.05, 0) is 86.8 Å². The first-order valence-electron chi connectivity index (χ1n) is 16.2. The van der Waals surface area contributed by atoms with Crippen LogP contribution in [0.3, 0.4) is 0 Å². The first kappa shape index (κ1) is 35.8. The number of benzene rings is 2. The van der Waals surface area contributed by atoms with Crippen LogP contribution in [0.15, 0.2) is 73.8 Å². The van der Waals surface area contributed by atoms with Crippen LogP contribution < -0.4 is 26.3 Å². The zero-order valence-electron chi connectivity index (χ0n) is 27.4. The number of carbonyl (C=O) groups is 2. The normalized spacial score (nSPS) is 20.0. The number of halogens is 3. The number of carbonyl (C=O) groups excluding carboxylic acids is 2. The molecule has 2 aliphatic rings. The Hall–Kier alpha value is -4.53. The van der Waals surface area contributed by atoms with E-state index in [1.165, 1.54) is 30.3 Å². The number of nitrogens with one attached hydrogen (secondary N) is 4. The number of hydrogen-bond donors (Lipinski definition) is 4. The van der Waals surface area contributed by atoms with Crippen molar-refractivity contribution in [1.29, 1.82) is 0 Å². The standard InChI is InChI=1S/C34H40F3N5O6S/c1-4-26-21(3)19-42(31(26)39-24-11-14-27-28(34(35,36)37)18-30(43)48-29(27)17-24)33(45)38-16-15-22-7-12-25(13-8-22)49(46,47)41-32(44)40-23-9-5-20(2)6-10-23/h7-8,11-14,17-18,20,23,31,39H,4-6,9-10,15-16,19H2,1-3H3,(H,38,45)(H2,40,41,44). The summed E-state index contributed by atoms with van der Waals surface area (Å²) >= 11 is 0. The fraction of sp³-hybridized carbons (Fsp3) is 0.441. The number of fused-ring (bicyclic) bond motifs is 1. The summed E-state index contributed by atoms with van der Waals surface area (Å²) in [5, 5.41) is 8.59. The van der Waals surface area contributed by atoms with Crippen molar-refractivity contribution in [3.8, 4) is 0 Å². The van der Waals surface area contributed by atoms with Gasteiger partial charge in [0.2, 0.25) is 0 Å². The molecule has 264 valence electrons. The molecule has 2 aromatic carbocycles. The molecule has 15 heteroatoms. The van der Waals surface area contributed by atoms with Gasteiger partial charge >= 0.3 is 23.9 Å². The van der Waals surface area contributed by atoms with Gasteiger partial charge < -0.3 is 20.4 Å². The van der Waals surface area contributed by atoms with Gasteiger partial charge in [0, 0.05) is 42.3 Å². The Bertz CT molecular complexity index is 1900. The largest absolute Gasteiger partial charge is 0.423 e. The molecule has 1 saturated carbocycles. The topological polar surface area (TPSA) is 150 Å². The van der Waals surface area contributed by atoms with E-state index in [1.54, 1.807) is 17.0 Å². The number of amides is 4. The third kappa shape index (κ3) is 8.56. The molecule has 11 nitrogen and oxygen atoms in total. The monoisotopic (exact) mass is 703 g/mol. The van der Waals surface area contributed by atoms with E-state index in [0.29, 0.717) is 37.1 Å². The molecule has 1 unspecified atom stereocenters. The van der Waals surface area contributed by atoms with E-state index in [9.17, 15) is 36.0 Å². The van der Waals surface area contributed by atoms with Crippen molar-refractivity contribution < 1.29 is 35.6 Å². The molecule has 1 aliphatic carbocycles. The molecule has 1 fully saturated rings. The van der Waals surface area contributed by atoms with Crippen LogP contribution in [-0.4, -0.2) is 50.7 Å². The highest BCUT2D eigenvalue weighted by Gasteiger charge is 2.35. The van der Waals surface area contributed by atoms with Crippen LogP contribution in [-0.2, 0) is 22.6 Å². The Kier molecular flexibility index (Phi) is 10.6. The number of sulfonamides is 1. The lowest BCUT2D eigenvalue weighted by Gasteiger charge is -2.29. The average Bonchev–Trinajstić information content (AvgIpc) is 3.35. The van der Waals surface area contributed by atoms with Crippen molar-refractivity contribution >= 4 is 38.7 Å². The summed E-state index contributed by atoms with van der Waals surface area (Å²) < 4.78 is 73.2. The van der Waals surface area contributed by atoms with Crippen molar-refractivity contribution in [3.63, 3.8) is 0 Å². The Morgan fingerprint density at radius 3 is 2.37 bits per heavy atom. The highest BCUT2D eigenvalue weighted by atomic mass is 32.2. The quantitative estimate of drug-likeness (QED) is 0.155. The van der Waals surface area contributed by atoms with Crippen LogP contribution in [0, 0.1) is 5.92 Å². The summed E-state index contributed by atoms with van der Waals surface area (Å²) in [6.45, 7) is 6.55. The third-order valence-electron chi connectivity index (χ3n) is 9.09. The van der Waals surface area contributed by atoms with Gasteiger partial charge in [-0.1, -0.05) is 31.6 Å². The zero-order valence-corrected chi connectivity index (χ0v) is 28.3.